The lowest BCUT2D eigenvalue weighted by Gasteiger charge is -2.21. The van der Waals surface area contributed by atoms with Crippen molar-refractivity contribution in [1.82, 2.24) is 10.5 Å². The largest absolute Gasteiger partial charge is 0.347 e. The third-order valence-electron chi connectivity index (χ3n) is 4.69. The van der Waals surface area contributed by atoms with Crippen LogP contribution in [0.5, 0.6) is 0 Å². The highest BCUT2D eigenvalue weighted by atomic mass is 35.5. The van der Waals surface area contributed by atoms with Gasteiger partial charge in [-0.3, -0.25) is 20.4 Å². The van der Waals surface area contributed by atoms with Crippen molar-refractivity contribution in [2.75, 3.05) is 18.0 Å². The minimum Gasteiger partial charge on any atom is -0.347 e. The number of benzene rings is 1. The summed E-state index contributed by atoms with van der Waals surface area (Å²) in [5.74, 6) is 6.46. The van der Waals surface area contributed by atoms with Crippen LogP contribution >= 0.6 is 11.6 Å². The molecule has 1 N–H and O–H groups in total. The predicted molar refractivity (Wildman–Crippen MR) is 106 cm³/mol. The van der Waals surface area contributed by atoms with Crippen LogP contribution in [0.15, 0.2) is 48.2 Å². The number of anilines is 1. The fraction of sp³-hybridized carbons (Fsp3) is 0.250. The molecule has 1 atom stereocenters. The number of nitrogens with one attached hydrogen (secondary N) is 1. The van der Waals surface area contributed by atoms with Gasteiger partial charge in [0, 0.05) is 35.3 Å². The van der Waals surface area contributed by atoms with Crippen molar-refractivity contribution in [3.05, 3.63) is 74.6 Å². The lowest BCUT2D eigenvalue weighted by Crippen LogP contribution is -2.34. The Morgan fingerprint density at radius 2 is 2.21 bits per heavy atom. The van der Waals surface area contributed by atoms with Crippen molar-refractivity contribution in [1.29, 1.82) is 0 Å². The van der Waals surface area contributed by atoms with E-state index in [1.165, 1.54) is 6.07 Å². The molecule has 0 amide bonds. The van der Waals surface area contributed by atoms with Crippen LogP contribution in [0, 0.1) is 28.9 Å². The summed E-state index contributed by atoms with van der Waals surface area (Å²) in [4.78, 5) is 23.0. The molecular formula is C20H17ClN4O3. The highest BCUT2D eigenvalue weighted by Crippen LogP contribution is 2.36. The van der Waals surface area contributed by atoms with Gasteiger partial charge in [0.1, 0.15) is 11.3 Å². The summed E-state index contributed by atoms with van der Waals surface area (Å²) in [5.41, 5.74) is 4.48. The summed E-state index contributed by atoms with van der Waals surface area (Å²) in [6.07, 6.45) is 2.61. The minimum absolute atomic E-state index is 0.00134. The van der Waals surface area contributed by atoms with Crippen LogP contribution in [0.2, 0.25) is 5.02 Å². The maximum Gasteiger partial charge on any atom is 0.311 e. The molecule has 2 aliphatic heterocycles. The zero-order chi connectivity index (χ0) is 19.7. The summed E-state index contributed by atoms with van der Waals surface area (Å²) in [5, 5.41) is 12.0. The summed E-state index contributed by atoms with van der Waals surface area (Å²) >= 11 is 5.98. The fourth-order valence-corrected chi connectivity index (χ4v) is 3.53. The Hall–Kier alpha value is -3.08. The first-order chi connectivity index (χ1) is 13.4. The van der Waals surface area contributed by atoms with Gasteiger partial charge in [-0.25, -0.2) is 4.98 Å². The van der Waals surface area contributed by atoms with Gasteiger partial charge in [-0.05, 0) is 43.2 Å². The Morgan fingerprint density at radius 3 is 3.00 bits per heavy atom. The van der Waals surface area contributed by atoms with Crippen molar-refractivity contribution in [3.63, 3.8) is 0 Å². The van der Waals surface area contributed by atoms with Crippen LogP contribution in [-0.4, -0.2) is 28.6 Å². The van der Waals surface area contributed by atoms with E-state index in [1.54, 1.807) is 18.2 Å². The van der Waals surface area contributed by atoms with Crippen molar-refractivity contribution in [3.8, 4) is 11.8 Å². The molecule has 8 heteroatoms. The van der Waals surface area contributed by atoms with E-state index in [0.29, 0.717) is 36.0 Å². The van der Waals surface area contributed by atoms with Crippen LogP contribution in [0.4, 0.5) is 11.5 Å². The van der Waals surface area contributed by atoms with E-state index in [0.717, 1.165) is 11.3 Å². The smallest absolute Gasteiger partial charge is 0.311 e. The van der Waals surface area contributed by atoms with Gasteiger partial charge >= 0.3 is 5.69 Å². The number of hydrogen-bond acceptors (Lipinski definition) is 6. The van der Waals surface area contributed by atoms with Gasteiger partial charge in [-0.1, -0.05) is 23.6 Å². The molecule has 0 bridgehead atoms. The van der Waals surface area contributed by atoms with Crippen molar-refractivity contribution in [2.45, 2.75) is 18.9 Å². The molecular weight excluding hydrogens is 380 g/mol. The Balaban J connectivity index is 1.55. The lowest BCUT2D eigenvalue weighted by molar-refractivity contribution is -0.384. The zero-order valence-electron chi connectivity index (χ0n) is 15.1. The van der Waals surface area contributed by atoms with Gasteiger partial charge in [0.25, 0.3) is 0 Å². The normalized spacial score (nSPS) is 20.5. The molecule has 1 aromatic heterocycles. The maximum atomic E-state index is 11.4. The molecule has 2 aromatic rings. The molecule has 4 rings (SSSR count). The second kappa shape index (κ2) is 7.15. The van der Waals surface area contributed by atoms with Crippen molar-refractivity contribution < 1.29 is 9.76 Å². The summed E-state index contributed by atoms with van der Waals surface area (Å²) in [6.45, 7) is 2.88. The van der Waals surface area contributed by atoms with Crippen LogP contribution in [0.1, 0.15) is 17.7 Å². The van der Waals surface area contributed by atoms with Gasteiger partial charge in [0.05, 0.1) is 11.5 Å². The zero-order valence-corrected chi connectivity index (χ0v) is 15.9. The Labute approximate surface area is 167 Å². The number of rotatable bonds is 2. The fourth-order valence-electron chi connectivity index (χ4n) is 3.34. The molecule has 1 aromatic carbocycles. The Bertz CT molecular complexity index is 1040. The molecule has 142 valence electrons. The Morgan fingerprint density at radius 1 is 1.36 bits per heavy atom. The molecule has 1 spiro atoms. The maximum absolute atomic E-state index is 11.4. The molecule has 1 unspecified atom stereocenters. The number of aryl methyl sites for hydroxylation is 1. The van der Waals surface area contributed by atoms with E-state index >= 15 is 0 Å². The van der Waals surface area contributed by atoms with Gasteiger partial charge in [0.2, 0.25) is 5.82 Å². The van der Waals surface area contributed by atoms with E-state index in [4.69, 9.17) is 16.4 Å². The monoisotopic (exact) mass is 396 g/mol. The Kier molecular flexibility index (Phi) is 4.67. The van der Waals surface area contributed by atoms with Crippen LogP contribution in [0.25, 0.3) is 0 Å². The molecule has 0 saturated carbocycles. The number of allylic oxidation sites excluding steroid dienone is 1. The topological polar surface area (TPSA) is 80.5 Å². The summed E-state index contributed by atoms with van der Waals surface area (Å²) in [6, 6.07) is 10.4. The average Bonchev–Trinajstić information content (AvgIpc) is 3.27. The number of nitrogens with zero attached hydrogens (tertiary/aromatic N) is 3. The van der Waals surface area contributed by atoms with Crippen molar-refractivity contribution >= 4 is 23.1 Å². The molecule has 7 nitrogen and oxygen atoms in total. The molecule has 0 aliphatic carbocycles. The van der Waals surface area contributed by atoms with Crippen LogP contribution < -0.4 is 10.4 Å². The van der Waals surface area contributed by atoms with E-state index in [9.17, 15) is 10.1 Å². The van der Waals surface area contributed by atoms with Crippen LogP contribution in [0.3, 0.4) is 0 Å². The second-order valence-electron chi connectivity index (χ2n) is 6.81. The summed E-state index contributed by atoms with van der Waals surface area (Å²) in [7, 11) is 0. The molecule has 28 heavy (non-hydrogen) atoms. The predicted octanol–water partition coefficient (Wildman–Crippen LogP) is 3.37. The third kappa shape index (κ3) is 3.65. The van der Waals surface area contributed by atoms with E-state index < -0.39 is 10.5 Å². The van der Waals surface area contributed by atoms with Gasteiger partial charge < -0.3 is 4.90 Å². The number of pyridine rings is 1. The molecule has 1 saturated heterocycles. The SMILES string of the molecule is Cc1ccc([N+](=O)[O-])c(N2CCC3(C=C(C#Cc4cccc(Cl)c4)NO3)C2)n1. The van der Waals surface area contributed by atoms with E-state index in [1.807, 2.05) is 30.0 Å². The number of hydrogen-bond donors (Lipinski definition) is 1. The number of nitro groups is 1. The first-order valence-corrected chi connectivity index (χ1v) is 9.13. The van der Waals surface area contributed by atoms with E-state index in [2.05, 4.69) is 22.3 Å². The molecule has 0 radical (unpaired) electrons. The lowest BCUT2D eigenvalue weighted by atomic mass is 10.0. The van der Waals surface area contributed by atoms with Gasteiger partial charge in [-0.15, -0.1) is 0 Å². The standard InChI is InChI=1S/C20H17ClN4O3/c1-14-5-8-18(25(26)27)19(22-14)24-10-9-20(13-24)12-17(23-28-20)7-6-15-3-2-4-16(21)11-15/h2-5,8,11-12,23H,9-10,13H2,1H3. The van der Waals surface area contributed by atoms with Gasteiger partial charge in [-0.2, -0.15) is 0 Å². The van der Waals surface area contributed by atoms with Crippen LogP contribution in [-0.2, 0) is 4.84 Å². The second-order valence-corrected chi connectivity index (χ2v) is 7.25. The minimum atomic E-state index is -0.586. The molecule has 2 aliphatic rings. The summed E-state index contributed by atoms with van der Waals surface area (Å²) < 4.78 is 0. The average molecular weight is 397 g/mol. The first kappa shape index (κ1) is 18.3. The number of hydroxylamine groups is 1. The number of halogens is 1. The van der Waals surface area contributed by atoms with E-state index in [-0.39, 0.29) is 5.69 Å². The highest BCUT2D eigenvalue weighted by molar-refractivity contribution is 6.30. The van der Waals surface area contributed by atoms with Crippen molar-refractivity contribution in [2.24, 2.45) is 0 Å². The molecule has 1 fully saturated rings. The quantitative estimate of drug-likeness (QED) is 0.476. The highest BCUT2D eigenvalue weighted by Gasteiger charge is 2.43. The third-order valence-corrected chi connectivity index (χ3v) is 4.93. The van der Waals surface area contributed by atoms with Gasteiger partial charge in [0.15, 0.2) is 0 Å². The first-order valence-electron chi connectivity index (χ1n) is 8.76. The number of aromatic nitrogens is 1. The molecule has 3 heterocycles.